The summed E-state index contributed by atoms with van der Waals surface area (Å²) in [6.45, 7) is 11.6. The third-order valence-electron chi connectivity index (χ3n) is 3.59. The van der Waals surface area contributed by atoms with Gasteiger partial charge in [0.15, 0.2) is 0 Å². The average molecular weight is 198 g/mol. The second kappa shape index (κ2) is 5.72. The van der Waals surface area contributed by atoms with Gasteiger partial charge < -0.3 is 5.32 Å². The monoisotopic (exact) mass is 198 g/mol. The van der Waals surface area contributed by atoms with E-state index in [1.807, 2.05) is 0 Å². The zero-order valence-corrected chi connectivity index (χ0v) is 10.2. The zero-order valence-electron chi connectivity index (χ0n) is 10.2. The van der Waals surface area contributed by atoms with Crippen molar-refractivity contribution in [1.82, 2.24) is 10.2 Å². The minimum absolute atomic E-state index is 0.701. The summed E-state index contributed by atoms with van der Waals surface area (Å²) in [6, 6.07) is 2.26. The lowest BCUT2D eigenvalue weighted by molar-refractivity contribution is 0.110. The van der Waals surface area contributed by atoms with Gasteiger partial charge in [-0.05, 0) is 46.2 Å². The predicted molar refractivity (Wildman–Crippen MR) is 62.6 cm³/mol. The van der Waals surface area contributed by atoms with Gasteiger partial charge in [0.05, 0.1) is 0 Å². The van der Waals surface area contributed by atoms with Crippen LogP contribution in [0.15, 0.2) is 0 Å². The molecule has 1 heterocycles. The molecule has 3 atom stereocenters. The minimum atomic E-state index is 0.701. The summed E-state index contributed by atoms with van der Waals surface area (Å²) in [4.78, 5) is 2.68. The van der Waals surface area contributed by atoms with Crippen LogP contribution in [0.5, 0.6) is 0 Å². The molecule has 1 N–H and O–H groups in total. The van der Waals surface area contributed by atoms with Crippen molar-refractivity contribution in [3.63, 3.8) is 0 Å². The topological polar surface area (TPSA) is 15.3 Å². The Labute approximate surface area is 89.1 Å². The molecule has 2 nitrogen and oxygen atoms in total. The normalized spacial score (nSPS) is 30.6. The third-order valence-corrected chi connectivity index (χ3v) is 3.59. The van der Waals surface area contributed by atoms with E-state index in [4.69, 9.17) is 0 Å². The first kappa shape index (κ1) is 12.0. The minimum Gasteiger partial charge on any atom is -0.314 e. The molecular formula is C12H26N2. The molecule has 1 aliphatic heterocycles. The number of rotatable bonds is 4. The molecule has 0 aliphatic carbocycles. The fourth-order valence-electron chi connectivity index (χ4n) is 2.57. The lowest BCUT2D eigenvalue weighted by Gasteiger charge is -2.39. The van der Waals surface area contributed by atoms with Crippen LogP contribution in [0.3, 0.4) is 0 Å². The molecule has 0 aromatic carbocycles. The molecule has 1 fully saturated rings. The zero-order chi connectivity index (χ0) is 10.6. The molecule has 84 valence electrons. The van der Waals surface area contributed by atoms with E-state index in [0.717, 1.165) is 12.1 Å². The summed E-state index contributed by atoms with van der Waals surface area (Å²) in [6.07, 6.45) is 3.91. The largest absolute Gasteiger partial charge is 0.314 e. The Balaban J connectivity index is 2.50. The highest BCUT2D eigenvalue weighted by Gasteiger charge is 2.25. The highest BCUT2D eigenvalue weighted by atomic mass is 15.2. The van der Waals surface area contributed by atoms with E-state index < -0.39 is 0 Å². The Hall–Kier alpha value is -0.0800. The molecular weight excluding hydrogens is 172 g/mol. The first-order chi connectivity index (χ1) is 6.69. The molecule has 1 saturated heterocycles. The number of nitrogens with zero attached hydrogens (tertiary/aromatic N) is 1. The smallest absolute Gasteiger partial charge is 0.0125 e. The van der Waals surface area contributed by atoms with E-state index in [-0.39, 0.29) is 0 Å². The molecule has 2 heteroatoms. The van der Waals surface area contributed by atoms with Crippen molar-refractivity contribution in [2.24, 2.45) is 0 Å². The van der Waals surface area contributed by atoms with E-state index >= 15 is 0 Å². The summed E-state index contributed by atoms with van der Waals surface area (Å²) in [5.74, 6) is 0. The van der Waals surface area contributed by atoms with E-state index in [0.29, 0.717) is 6.04 Å². The van der Waals surface area contributed by atoms with Crippen LogP contribution in [-0.2, 0) is 0 Å². The van der Waals surface area contributed by atoms with Crippen LogP contribution in [0.2, 0.25) is 0 Å². The Kier molecular flexibility index (Phi) is 4.90. The van der Waals surface area contributed by atoms with Crippen molar-refractivity contribution in [3.05, 3.63) is 0 Å². The lowest BCUT2D eigenvalue weighted by atomic mass is 9.97. The van der Waals surface area contributed by atoms with Gasteiger partial charge in [0.25, 0.3) is 0 Å². The summed E-state index contributed by atoms with van der Waals surface area (Å²) in [5.41, 5.74) is 0. The number of nitrogens with one attached hydrogen (secondary N) is 1. The van der Waals surface area contributed by atoms with Crippen LogP contribution in [0.1, 0.15) is 47.0 Å². The van der Waals surface area contributed by atoms with Crippen LogP contribution in [0.4, 0.5) is 0 Å². The summed E-state index contributed by atoms with van der Waals surface area (Å²) in [5, 5.41) is 3.52. The van der Waals surface area contributed by atoms with Crippen LogP contribution < -0.4 is 5.32 Å². The van der Waals surface area contributed by atoms with Gasteiger partial charge in [0, 0.05) is 18.1 Å². The molecule has 0 aromatic rings. The van der Waals surface area contributed by atoms with Gasteiger partial charge in [-0.15, -0.1) is 0 Å². The van der Waals surface area contributed by atoms with Gasteiger partial charge in [-0.2, -0.15) is 0 Å². The SMILES string of the molecule is CCC(C)N(CC)C1CCNC(C)C1. The number of hydrogen-bond donors (Lipinski definition) is 1. The summed E-state index contributed by atoms with van der Waals surface area (Å²) < 4.78 is 0. The van der Waals surface area contributed by atoms with E-state index in [2.05, 4.69) is 37.9 Å². The standard InChI is InChI=1S/C12H26N2/c1-5-11(4)14(6-2)12-7-8-13-10(3)9-12/h10-13H,5-9H2,1-4H3. The van der Waals surface area contributed by atoms with E-state index in [1.54, 1.807) is 0 Å². The average Bonchev–Trinajstić information content (AvgIpc) is 2.19. The fourth-order valence-corrected chi connectivity index (χ4v) is 2.57. The molecule has 1 rings (SSSR count). The van der Waals surface area contributed by atoms with E-state index in [1.165, 1.54) is 32.4 Å². The fraction of sp³-hybridized carbons (Fsp3) is 1.00. The van der Waals surface area contributed by atoms with Crippen molar-refractivity contribution in [2.75, 3.05) is 13.1 Å². The quantitative estimate of drug-likeness (QED) is 0.745. The molecule has 0 aromatic heterocycles. The first-order valence-electron chi connectivity index (χ1n) is 6.18. The van der Waals surface area contributed by atoms with E-state index in [9.17, 15) is 0 Å². The van der Waals surface area contributed by atoms with Crippen molar-refractivity contribution >= 4 is 0 Å². The molecule has 0 radical (unpaired) electrons. The van der Waals surface area contributed by atoms with Crippen LogP contribution >= 0.6 is 0 Å². The van der Waals surface area contributed by atoms with Gasteiger partial charge in [0.1, 0.15) is 0 Å². The maximum atomic E-state index is 3.52. The van der Waals surface area contributed by atoms with Gasteiger partial charge in [-0.25, -0.2) is 0 Å². The number of piperidine rings is 1. The molecule has 14 heavy (non-hydrogen) atoms. The Morgan fingerprint density at radius 2 is 2.14 bits per heavy atom. The second-order valence-corrected chi connectivity index (χ2v) is 4.62. The van der Waals surface area contributed by atoms with Crippen LogP contribution in [0, 0.1) is 0 Å². The highest BCUT2D eigenvalue weighted by molar-refractivity contribution is 4.83. The maximum absolute atomic E-state index is 3.52. The first-order valence-corrected chi connectivity index (χ1v) is 6.18. The highest BCUT2D eigenvalue weighted by Crippen LogP contribution is 2.18. The lowest BCUT2D eigenvalue weighted by Crippen LogP contribution is -2.49. The molecule has 3 unspecified atom stereocenters. The van der Waals surface area contributed by atoms with Crippen LogP contribution in [0.25, 0.3) is 0 Å². The Morgan fingerprint density at radius 1 is 1.43 bits per heavy atom. The van der Waals surface area contributed by atoms with Gasteiger partial charge >= 0.3 is 0 Å². The summed E-state index contributed by atoms with van der Waals surface area (Å²) >= 11 is 0. The molecule has 1 aliphatic rings. The van der Waals surface area contributed by atoms with Gasteiger partial charge in [-0.1, -0.05) is 13.8 Å². The van der Waals surface area contributed by atoms with Gasteiger partial charge in [-0.3, -0.25) is 4.90 Å². The van der Waals surface area contributed by atoms with Crippen LogP contribution in [-0.4, -0.2) is 36.1 Å². The van der Waals surface area contributed by atoms with Crippen molar-refractivity contribution in [2.45, 2.75) is 65.1 Å². The number of hydrogen-bond acceptors (Lipinski definition) is 2. The van der Waals surface area contributed by atoms with Crippen molar-refractivity contribution < 1.29 is 0 Å². The second-order valence-electron chi connectivity index (χ2n) is 4.62. The third kappa shape index (κ3) is 2.96. The maximum Gasteiger partial charge on any atom is 0.0125 e. The Morgan fingerprint density at radius 3 is 2.64 bits per heavy atom. The predicted octanol–water partition coefficient (Wildman–Crippen LogP) is 2.25. The molecule has 0 amide bonds. The molecule has 0 saturated carbocycles. The molecule has 0 bridgehead atoms. The molecule has 0 spiro atoms. The Bertz CT molecular complexity index is 158. The summed E-state index contributed by atoms with van der Waals surface area (Å²) in [7, 11) is 0. The van der Waals surface area contributed by atoms with Crippen molar-refractivity contribution in [3.8, 4) is 0 Å². The van der Waals surface area contributed by atoms with Gasteiger partial charge in [0.2, 0.25) is 0 Å². The van der Waals surface area contributed by atoms with Crippen molar-refractivity contribution in [1.29, 1.82) is 0 Å².